The zero-order valence-corrected chi connectivity index (χ0v) is 12.0. The van der Waals surface area contributed by atoms with E-state index in [0.29, 0.717) is 19.1 Å². The van der Waals surface area contributed by atoms with Gasteiger partial charge in [-0.1, -0.05) is 20.3 Å². The van der Waals surface area contributed by atoms with Crippen molar-refractivity contribution in [3.63, 3.8) is 0 Å². The third kappa shape index (κ3) is 4.94. The summed E-state index contributed by atoms with van der Waals surface area (Å²) in [5, 5.41) is 0. The fraction of sp³-hybridized carbons (Fsp3) is 0.929. The summed E-state index contributed by atoms with van der Waals surface area (Å²) in [6.45, 7) is 6.39. The molecule has 1 saturated carbocycles. The highest BCUT2D eigenvalue weighted by Crippen LogP contribution is 2.25. The molecule has 1 aliphatic carbocycles. The molecule has 0 aromatic carbocycles. The minimum Gasteiger partial charge on any atom is -0.383 e. The topological polar surface area (TPSA) is 55.6 Å². The van der Waals surface area contributed by atoms with Crippen molar-refractivity contribution in [3.05, 3.63) is 0 Å². The molecule has 1 aliphatic rings. The number of hydrogen-bond acceptors (Lipinski definition) is 3. The normalized spacial score (nSPS) is 24.3. The van der Waals surface area contributed by atoms with Gasteiger partial charge in [0.05, 0.1) is 6.61 Å². The number of carbonyl (C=O) groups excluding carboxylic acids is 1. The second-order valence-corrected chi connectivity index (χ2v) is 5.79. The number of methoxy groups -OCH3 is 1. The molecular weight excluding hydrogens is 228 g/mol. The summed E-state index contributed by atoms with van der Waals surface area (Å²) in [5.41, 5.74) is 5.97. The molecule has 0 radical (unpaired) electrons. The standard InChI is InChI=1S/C14H28N2O2/c1-11(2)10-16(7-8-18-3)14(17)12-5-4-6-13(15)9-12/h11-13H,4-10,15H2,1-3H3. The lowest BCUT2D eigenvalue weighted by Gasteiger charge is -2.32. The van der Waals surface area contributed by atoms with Crippen LogP contribution in [0.25, 0.3) is 0 Å². The molecule has 0 aliphatic heterocycles. The van der Waals surface area contributed by atoms with Crippen LogP contribution in [0.5, 0.6) is 0 Å². The molecular formula is C14H28N2O2. The lowest BCUT2D eigenvalue weighted by molar-refractivity contribution is -0.138. The van der Waals surface area contributed by atoms with Crippen LogP contribution >= 0.6 is 0 Å². The summed E-state index contributed by atoms with van der Waals surface area (Å²) in [6.07, 6.45) is 3.98. The molecule has 4 heteroatoms. The Hall–Kier alpha value is -0.610. The number of ether oxygens (including phenoxy) is 1. The summed E-state index contributed by atoms with van der Waals surface area (Å²) in [6, 6.07) is 0.205. The van der Waals surface area contributed by atoms with E-state index in [0.717, 1.165) is 32.2 Å². The Balaban J connectivity index is 2.56. The monoisotopic (exact) mass is 256 g/mol. The quantitative estimate of drug-likeness (QED) is 0.786. The van der Waals surface area contributed by atoms with Crippen LogP contribution in [-0.4, -0.2) is 43.7 Å². The minimum atomic E-state index is 0.129. The van der Waals surface area contributed by atoms with Gasteiger partial charge in [0.25, 0.3) is 0 Å². The van der Waals surface area contributed by atoms with Crippen molar-refractivity contribution in [2.24, 2.45) is 17.6 Å². The van der Waals surface area contributed by atoms with Crippen molar-refractivity contribution in [1.29, 1.82) is 0 Å². The zero-order valence-electron chi connectivity index (χ0n) is 12.0. The Morgan fingerprint density at radius 2 is 2.17 bits per heavy atom. The van der Waals surface area contributed by atoms with Crippen LogP contribution in [0.2, 0.25) is 0 Å². The molecule has 0 heterocycles. The van der Waals surface area contributed by atoms with Crippen molar-refractivity contribution in [2.75, 3.05) is 26.8 Å². The number of nitrogens with zero attached hydrogens (tertiary/aromatic N) is 1. The molecule has 0 aromatic heterocycles. The molecule has 1 rings (SSSR count). The molecule has 0 saturated heterocycles. The highest BCUT2D eigenvalue weighted by Gasteiger charge is 2.28. The summed E-state index contributed by atoms with van der Waals surface area (Å²) < 4.78 is 5.09. The molecule has 4 nitrogen and oxygen atoms in total. The number of amides is 1. The van der Waals surface area contributed by atoms with Gasteiger partial charge in [-0.15, -0.1) is 0 Å². The average molecular weight is 256 g/mol. The molecule has 0 bridgehead atoms. The number of rotatable bonds is 6. The Morgan fingerprint density at radius 3 is 2.72 bits per heavy atom. The van der Waals surface area contributed by atoms with Gasteiger partial charge in [0.15, 0.2) is 0 Å². The van der Waals surface area contributed by atoms with Gasteiger partial charge >= 0.3 is 0 Å². The third-order valence-electron chi connectivity index (χ3n) is 3.53. The van der Waals surface area contributed by atoms with Crippen molar-refractivity contribution in [3.8, 4) is 0 Å². The van der Waals surface area contributed by atoms with Gasteiger partial charge in [-0.05, 0) is 25.2 Å². The first-order valence-corrected chi connectivity index (χ1v) is 7.08. The molecule has 2 atom stereocenters. The molecule has 18 heavy (non-hydrogen) atoms. The number of carbonyl (C=O) groups is 1. The fourth-order valence-electron chi connectivity index (χ4n) is 2.64. The van der Waals surface area contributed by atoms with Crippen molar-refractivity contribution >= 4 is 5.91 Å². The second kappa shape index (κ2) is 7.74. The molecule has 0 spiro atoms. The highest BCUT2D eigenvalue weighted by molar-refractivity contribution is 5.79. The SMILES string of the molecule is COCCN(CC(C)C)C(=O)C1CCCC(N)C1. The van der Waals surface area contributed by atoms with E-state index in [9.17, 15) is 4.79 Å². The van der Waals surface area contributed by atoms with Gasteiger partial charge in [-0.2, -0.15) is 0 Å². The van der Waals surface area contributed by atoms with Crippen molar-refractivity contribution in [2.45, 2.75) is 45.6 Å². The van der Waals surface area contributed by atoms with Crippen LogP contribution in [0.15, 0.2) is 0 Å². The Morgan fingerprint density at radius 1 is 1.44 bits per heavy atom. The lowest BCUT2D eigenvalue weighted by Crippen LogP contribution is -2.43. The van der Waals surface area contributed by atoms with Crippen LogP contribution < -0.4 is 5.73 Å². The fourth-order valence-corrected chi connectivity index (χ4v) is 2.64. The maximum Gasteiger partial charge on any atom is 0.225 e. The van der Waals surface area contributed by atoms with Gasteiger partial charge in [0.1, 0.15) is 0 Å². The van der Waals surface area contributed by atoms with Gasteiger partial charge in [0.2, 0.25) is 5.91 Å². The van der Waals surface area contributed by atoms with Crippen LogP contribution in [0.1, 0.15) is 39.5 Å². The van der Waals surface area contributed by atoms with Crippen molar-refractivity contribution in [1.82, 2.24) is 4.90 Å². The van der Waals surface area contributed by atoms with E-state index in [2.05, 4.69) is 13.8 Å². The third-order valence-corrected chi connectivity index (χ3v) is 3.53. The molecule has 2 unspecified atom stereocenters. The van der Waals surface area contributed by atoms with Crippen LogP contribution in [0.3, 0.4) is 0 Å². The summed E-state index contributed by atoms with van der Waals surface area (Å²) in [5.74, 6) is 0.892. The van der Waals surface area contributed by atoms with Gasteiger partial charge in [0, 0.05) is 32.2 Å². The lowest BCUT2D eigenvalue weighted by atomic mass is 9.85. The van der Waals surface area contributed by atoms with Crippen molar-refractivity contribution < 1.29 is 9.53 Å². The van der Waals surface area contributed by atoms with E-state index >= 15 is 0 Å². The van der Waals surface area contributed by atoms with Gasteiger partial charge in [-0.3, -0.25) is 4.79 Å². The number of hydrogen-bond donors (Lipinski definition) is 1. The molecule has 2 N–H and O–H groups in total. The van der Waals surface area contributed by atoms with E-state index in [1.54, 1.807) is 7.11 Å². The molecule has 1 fully saturated rings. The first kappa shape index (κ1) is 15.4. The van der Waals surface area contributed by atoms with E-state index in [1.165, 1.54) is 0 Å². The summed E-state index contributed by atoms with van der Waals surface area (Å²) in [7, 11) is 1.68. The Bertz CT molecular complexity index is 256. The predicted molar refractivity (Wildman–Crippen MR) is 73.2 cm³/mol. The van der Waals surface area contributed by atoms with Gasteiger partial charge in [-0.25, -0.2) is 0 Å². The number of nitrogens with two attached hydrogens (primary N) is 1. The minimum absolute atomic E-state index is 0.129. The molecule has 106 valence electrons. The van der Waals surface area contributed by atoms with E-state index in [1.807, 2.05) is 4.90 Å². The highest BCUT2D eigenvalue weighted by atomic mass is 16.5. The molecule has 1 amide bonds. The Kier molecular flexibility index (Phi) is 6.65. The van der Waals surface area contributed by atoms with E-state index in [-0.39, 0.29) is 17.9 Å². The van der Waals surface area contributed by atoms with Crippen LogP contribution in [-0.2, 0) is 9.53 Å². The summed E-state index contributed by atoms with van der Waals surface area (Å²) >= 11 is 0. The first-order valence-electron chi connectivity index (χ1n) is 7.08. The van der Waals surface area contributed by atoms with E-state index in [4.69, 9.17) is 10.5 Å². The maximum atomic E-state index is 12.5. The zero-order chi connectivity index (χ0) is 13.5. The second-order valence-electron chi connectivity index (χ2n) is 5.79. The first-order chi connectivity index (χ1) is 8.54. The largest absolute Gasteiger partial charge is 0.383 e. The maximum absolute atomic E-state index is 12.5. The average Bonchev–Trinajstić information content (AvgIpc) is 2.33. The van der Waals surface area contributed by atoms with Crippen LogP contribution in [0, 0.1) is 11.8 Å². The predicted octanol–water partition coefficient (Wildman–Crippen LogP) is 1.63. The molecule has 0 aromatic rings. The van der Waals surface area contributed by atoms with Gasteiger partial charge < -0.3 is 15.4 Å². The Labute approximate surface area is 111 Å². The van der Waals surface area contributed by atoms with Crippen LogP contribution in [0.4, 0.5) is 0 Å². The summed E-state index contributed by atoms with van der Waals surface area (Å²) in [4.78, 5) is 14.5. The smallest absolute Gasteiger partial charge is 0.225 e. The van der Waals surface area contributed by atoms with E-state index < -0.39 is 0 Å².